The fourth-order valence-corrected chi connectivity index (χ4v) is 3.00. The van der Waals surface area contributed by atoms with Crippen LogP contribution in [-0.4, -0.2) is 51.8 Å². The van der Waals surface area contributed by atoms with Gasteiger partial charge in [0.1, 0.15) is 5.82 Å². The van der Waals surface area contributed by atoms with Crippen molar-refractivity contribution in [2.45, 2.75) is 6.42 Å². The summed E-state index contributed by atoms with van der Waals surface area (Å²) in [6.45, 7) is 4.79. The van der Waals surface area contributed by atoms with Gasteiger partial charge in [-0.1, -0.05) is 0 Å². The van der Waals surface area contributed by atoms with E-state index in [4.69, 9.17) is 9.47 Å². The van der Waals surface area contributed by atoms with Crippen molar-refractivity contribution in [3.8, 4) is 11.5 Å². The largest absolute Gasteiger partial charge is 0.492 e. The summed E-state index contributed by atoms with van der Waals surface area (Å²) < 4.78 is 25.4. The van der Waals surface area contributed by atoms with E-state index in [0.717, 1.165) is 32.7 Å². The van der Waals surface area contributed by atoms with E-state index in [-0.39, 0.29) is 5.82 Å². The van der Waals surface area contributed by atoms with E-state index in [9.17, 15) is 4.39 Å². The number of hydrogen-bond acceptors (Lipinski definition) is 4. The first-order valence-corrected chi connectivity index (χ1v) is 7.48. The Morgan fingerprint density at radius 2 is 1.90 bits per heavy atom. The number of nitrogens with zero attached hydrogens (tertiary/aromatic N) is 1. The molecular formula is C14H20BrFN2O2. The summed E-state index contributed by atoms with van der Waals surface area (Å²) in [7, 11) is 3.10. The molecule has 1 saturated heterocycles. The number of methoxy groups -OCH3 is 2. The van der Waals surface area contributed by atoms with E-state index < -0.39 is 0 Å². The minimum absolute atomic E-state index is 0.260. The molecule has 6 heteroatoms. The van der Waals surface area contributed by atoms with Crippen molar-refractivity contribution in [2.24, 2.45) is 0 Å². The second kappa shape index (κ2) is 7.24. The fourth-order valence-electron chi connectivity index (χ4n) is 2.46. The van der Waals surface area contributed by atoms with Crippen molar-refractivity contribution in [2.75, 3.05) is 46.9 Å². The van der Waals surface area contributed by atoms with Crippen molar-refractivity contribution in [1.82, 2.24) is 10.2 Å². The minimum atomic E-state index is -0.260. The normalized spacial score (nSPS) is 16.2. The van der Waals surface area contributed by atoms with E-state index in [0.29, 0.717) is 28.0 Å². The third kappa shape index (κ3) is 3.42. The molecule has 1 fully saturated rings. The van der Waals surface area contributed by atoms with E-state index in [1.165, 1.54) is 13.2 Å². The van der Waals surface area contributed by atoms with Crippen molar-refractivity contribution >= 4 is 15.9 Å². The standard InChI is InChI=1S/C14H20BrFN2O2/c1-19-13-10(3-6-18-7-4-17-5-8-18)12(16)9-11(15)14(13)20-2/h9,17H,3-8H2,1-2H3. The quantitative estimate of drug-likeness (QED) is 0.884. The summed E-state index contributed by atoms with van der Waals surface area (Å²) in [4.78, 5) is 2.32. The van der Waals surface area contributed by atoms with Crippen molar-refractivity contribution in [3.05, 3.63) is 21.9 Å². The van der Waals surface area contributed by atoms with Gasteiger partial charge in [-0.05, 0) is 28.4 Å². The molecule has 112 valence electrons. The van der Waals surface area contributed by atoms with E-state index in [2.05, 4.69) is 26.1 Å². The van der Waals surface area contributed by atoms with Crippen LogP contribution in [-0.2, 0) is 6.42 Å². The summed E-state index contributed by atoms with van der Waals surface area (Å²) in [5.74, 6) is 0.767. The Morgan fingerprint density at radius 1 is 1.25 bits per heavy atom. The third-order valence-corrected chi connectivity index (χ3v) is 4.12. The number of hydrogen-bond donors (Lipinski definition) is 1. The zero-order valence-corrected chi connectivity index (χ0v) is 13.4. The Labute approximate surface area is 127 Å². The maximum absolute atomic E-state index is 14.2. The van der Waals surface area contributed by atoms with Gasteiger partial charge in [0.25, 0.3) is 0 Å². The molecule has 0 aromatic heterocycles. The van der Waals surface area contributed by atoms with Gasteiger partial charge in [0.2, 0.25) is 0 Å². The van der Waals surface area contributed by atoms with Crippen molar-refractivity contribution < 1.29 is 13.9 Å². The molecule has 0 amide bonds. The molecule has 1 N–H and O–H groups in total. The molecule has 1 aromatic carbocycles. The number of ether oxygens (including phenoxy) is 2. The van der Waals surface area contributed by atoms with Gasteiger partial charge in [-0.2, -0.15) is 0 Å². The molecule has 1 aromatic rings. The summed E-state index contributed by atoms with van der Waals surface area (Å²) in [5, 5.41) is 3.31. The zero-order chi connectivity index (χ0) is 14.5. The Balaban J connectivity index is 2.17. The van der Waals surface area contributed by atoms with Gasteiger partial charge in [-0.3, -0.25) is 0 Å². The van der Waals surface area contributed by atoms with Crippen LogP contribution in [0.25, 0.3) is 0 Å². The Morgan fingerprint density at radius 3 is 2.50 bits per heavy atom. The average Bonchev–Trinajstić information content (AvgIpc) is 2.46. The molecule has 0 saturated carbocycles. The molecule has 1 heterocycles. The van der Waals surface area contributed by atoms with Crippen LogP contribution < -0.4 is 14.8 Å². The maximum atomic E-state index is 14.2. The summed E-state index contributed by atoms with van der Waals surface area (Å²) in [6, 6.07) is 1.44. The van der Waals surface area contributed by atoms with Crippen molar-refractivity contribution in [3.63, 3.8) is 0 Å². The highest BCUT2D eigenvalue weighted by Crippen LogP contribution is 2.39. The number of benzene rings is 1. The first kappa shape index (κ1) is 15.5. The molecule has 1 aliphatic heterocycles. The Kier molecular flexibility index (Phi) is 5.63. The lowest BCUT2D eigenvalue weighted by atomic mass is 10.1. The number of rotatable bonds is 5. The molecule has 4 nitrogen and oxygen atoms in total. The monoisotopic (exact) mass is 346 g/mol. The molecule has 0 aliphatic carbocycles. The molecule has 0 spiro atoms. The lowest BCUT2D eigenvalue weighted by Crippen LogP contribution is -2.44. The molecule has 2 rings (SSSR count). The van der Waals surface area contributed by atoms with Crippen LogP contribution in [0.15, 0.2) is 10.5 Å². The predicted octanol–water partition coefficient (Wildman–Crippen LogP) is 2.05. The molecule has 0 atom stereocenters. The summed E-state index contributed by atoms with van der Waals surface area (Å²) >= 11 is 3.30. The van der Waals surface area contributed by atoms with E-state index in [1.807, 2.05) is 0 Å². The van der Waals surface area contributed by atoms with Crippen LogP contribution in [0.1, 0.15) is 5.56 Å². The van der Waals surface area contributed by atoms with Crippen LogP contribution in [0.4, 0.5) is 4.39 Å². The molecule has 20 heavy (non-hydrogen) atoms. The van der Waals surface area contributed by atoms with Crippen molar-refractivity contribution in [1.29, 1.82) is 0 Å². The molecule has 0 radical (unpaired) electrons. The predicted molar refractivity (Wildman–Crippen MR) is 80.2 cm³/mol. The van der Waals surface area contributed by atoms with Gasteiger partial charge < -0.3 is 19.7 Å². The van der Waals surface area contributed by atoms with Gasteiger partial charge in [0, 0.05) is 38.3 Å². The highest BCUT2D eigenvalue weighted by Gasteiger charge is 2.20. The lowest BCUT2D eigenvalue weighted by Gasteiger charge is -2.27. The van der Waals surface area contributed by atoms with E-state index >= 15 is 0 Å². The number of halogens is 2. The topological polar surface area (TPSA) is 33.7 Å². The minimum Gasteiger partial charge on any atom is -0.492 e. The number of piperazine rings is 1. The first-order chi connectivity index (χ1) is 9.67. The summed E-state index contributed by atoms with van der Waals surface area (Å²) in [5.41, 5.74) is 0.575. The lowest BCUT2D eigenvalue weighted by molar-refractivity contribution is 0.241. The average molecular weight is 347 g/mol. The van der Waals surface area contributed by atoms with Crippen LogP contribution in [0.2, 0.25) is 0 Å². The highest BCUT2D eigenvalue weighted by atomic mass is 79.9. The van der Waals surface area contributed by atoms with Gasteiger partial charge in [0.15, 0.2) is 11.5 Å². The Hall–Kier alpha value is -0.850. The van der Waals surface area contributed by atoms with Gasteiger partial charge in [-0.15, -0.1) is 0 Å². The van der Waals surface area contributed by atoms with Crippen LogP contribution in [0, 0.1) is 5.82 Å². The maximum Gasteiger partial charge on any atom is 0.175 e. The zero-order valence-electron chi connectivity index (χ0n) is 11.8. The first-order valence-electron chi connectivity index (χ1n) is 6.69. The van der Waals surface area contributed by atoms with Crippen LogP contribution >= 0.6 is 15.9 Å². The molecular weight excluding hydrogens is 327 g/mol. The second-order valence-corrected chi connectivity index (χ2v) is 5.58. The SMILES string of the molecule is COc1c(Br)cc(F)c(CCN2CCNCC2)c1OC. The van der Waals surface area contributed by atoms with Crippen LogP contribution in [0.3, 0.4) is 0 Å². The van der Waals surface area contributed by atoms with E-state index in [1.54, 1.807) is 7.11 Å². The molecule has 0 unspecified atom stereocenters. The second-order valence-electron chi connectivity index (χ2n) is 4.73. The molecule has 0 bridgehead atoms. The highest BCUT2D eigenvalue weighted by molar-refractivity contribution is 9.10. The fraction of sp³-hybridized carbons (Fsp3) is 0.571. The van der Waals surface area contributed by atoms with Gasteiger partial charge >= 0.3 is 0 Å². The smallest absolute Gasteiger partial charge is 0.175 e. The van der Waals surface area contributed by atoms with Crippen LogP contribution in [0.5, 0.6) is 11.5 Å². The summed E-state index contributed by atoms with van der Waals surface area (Å²) in [6.07, 6.45) is 0.610. The Bertz CT molecular complexity index is 465. The van der Waals surface area contributed by atoms with Gasteiger partial charge in [-0.25, -0.2) is 4.39 Å². The molecule has 1 aliphatic rings. The third-order valence-electron chi connectivity index (χ3n) is 3.53. The number of nitrogens with one attached hydrogen (secondary N) is 1. The van der Waals surface area contributed by atoms with Gasteiger partial charge in [0.05, 0.1) is 18.7 Å².